The molecule has 5 nitrogen and oxygen atoms in total. The van der Waals surface area contributed by atoms with Gasteiger partial charge in [-0.05, 0) is 33.4 Å². The van der Waals surface area contributed by atoms with Crippen molar-refractivity contribution in [2.75, 3.05) is 18.0 Å². The van der Waals surface area contributed by atoms with E-state index in [1.54, 1.807) is 0 Å². The number of hydrogen-bond donors (Lipinski definition) is 0. The number of benzene rings is 2. The van der Waals surface area contributed by atoms with Gasteiger partial charge in [-0.15, -0.1) is 0 Å². The molecule has 1 atom stereocenters. The molecule has 0 bridgehead atoms. The summed E-state index contributed by atoms with van der Waals surface area (Å²) in [6, 6.07) is 21.2. The Balaban J connectivity index is 1.54. The van der Waals surface area contributed by atoms with Gasteiger partial charge in [0.2, 0.25) is 5.28 Å². The summed E-state index contributed by atoms with van der Waals surface area (Å²) in [5.41, 5.74) is 0.0707. The summed E-state index contributed by atoms with van der Waals surface area (Å²) in [4.78, 5) is 14.6. The summed E-state index contributed by atoms with van der Waals surface area (Å²) in [5, 5.41) is 2.55. The zero-order chi connectivity index (χ0) is 25.5. The molecule has 5 rings (SSSR count). The van der Waals surface area contributed by atoms with Gasteiger partial charge in [-0.3, -0.25) is 0 Å². The van der Waals surface area contributed by atoms with E-state index in [9.17, 15) is 4.39 Å². The van der Waals surface area contributed by atoms with Crippen LogP contribution in [0.4, 0.5) is 10.2 Å². The summed E-state index contributed by atoms with van der Waals surface area (Å²) in [6.07, 6.45) is 2.25. The van der Waals surface area contributed by atoms with Gasteiger partial charge in [0.05, 0.1) is 11.5 Å². The third kappa shape index (κ3) is 4.38. The van der Waals surface area contributed by atoms with Gasteiger partial charge in [0, 0.05) is 19.3 Å². The molecule has 186 valence electrons. The topological polar surface area (TPSA) is 51.1 Å². The third-order valence-electron chi connectivity index (χ3n) is 6.80. The number of pyridine rings is 1. The Bertz CT molecular complexity index is 1350. The van der Waals surface area contributed by atoms with Crippen molar-refractivity contribution in [1.82, 2.24) is 15.0 Å². The molecule has 0 spiro atoms. The quantitative estimate of drug-likeness (QED) is 0.186. The van der Waals surface area contributed by atoms with Gasteiger partial charge >= 0.3 is 0 Å². The Morgan fingerprint density at radius 1 is 0.972 bits per heavy atom. The molecule has 0 amide bonds. The molecule has 0 radical (unpaired) electrons. The fourth-order valence-electron chi connectivity index (χ4n) is 5.19. The Kier molecular flexibility index (Phi) is 6.76. The molecule has 1 saturated heterocycles. The van der Waals surface area contributed by atoms with Gasteiger partial charge in [-0.1, -0.05) is 93.0 Å². The van der Waals surface area contributed by atoms with Crippen molar-refractivity contribution in [3.8, 4) is 0 Å². The molecule has 1 aliphatic heterocycles. The molecule has 2 aromatic heterocycles. The molecule has 36 heavy (non-hydrogen) atoms. The highest BCUT2D eigenvalue weighted by atomic mass is 35.5. The zero-order valence-electron chi connectivity index (χ0n) is 20.4. The Morgan fingerprint density at radius 3 is 2.17 bits per heavy atom. The van der Waals surface area contributed by atoms with Crippen molar-refractivity contribution >= 4 is 58.6 Å². The summed E-state index contributed by atoms with van der Waals surface area (Å²) in [7, 11) is -2.70. The normalized spacial score (nSPS) is 16.6. The van der Waals surface area contributed by atoms with Gasteiger partial charge in [0.25, 0.3) is 8.32 Å². The maximum absolute atomic E-state index is 14.7. The average molecular weight is 542 g/mol. The van der Waals surface area contributed by atoms with E-state index in [0.717, 1.165) is 6.42 Å². The van der Waals surface area contributed by atoms with E-state index in [2.05, 4.69) is 89.2 Å². The minimum atomic E-state index is -2.70. The Labute approximate surface area is 221 Å². The molecule has 2 aromatic carbocycles. The molecule has 0 aliphatic carbocycles. The Hall–Kier alpha value is -2.58. The first kappa shape index (κ1) is 25.1. The van der Waals surface area contributed by atoms with Crippen LogP contribution in [0.2, 0.25) is 15.5 Å². The number of anilines is 1. The highest BCUT2D eigenvalue weighted by Crippen LogP contribution is 2.39. The van der Waals surface area contributed by atoms with E-state index >= 15 is 0 Å². The van der Waals surface area contributed by atoms with Crippen molar-refractivity contribution in [2.45, 2.75) is 38.3 Å². The number of rotatable bonds is 5. The second kappa shape index (κ2) is 9.71. The van der Waals surface area contributed by atoms with E-state index in [-0.39, 0.29) is 27.1 Å². The first-order valence-electron chi connectivity index (χ1n) is 11.9. The molecular formula is C27H27Cl2FN4OSi. The van der Waals surface area contributed by atoms with Crippen LogP contribution in [0.5, 0.6) is 0 Å². The van der Waals surface area contributed by atoms with Crippen molar-refractivity contribution in [3.05, 3.63) is 83.1 Å². The van der Waals surface area contributed by atoms with E-state index in [1.807, 2.05) is 12.1 Å². The minimum Gasteiger partial charge on any atom is -0.403 e. The average Bonchev–Trinajstić information content (AvgIpc) is 3.33. The molecule has 0 saturated carbocycles. The van der Waals surface area contributed by atoms with Gasteiger partial charge in [-0.25, -0.2) is 14.4 Å². The van der Waals surface area contributed by atoms with Crippen LogP contribution in [0, 0.1) is 5.82 Å². The van der Waals surface area contributed by atoms with Crippen LogP contribution in [-0.2, 0) is 4.43 Å². The van der Waals surface area contributed by atoms with Crippen LogP contribution in [0.3, 0.4) is 0 Å². The SMILES string of the molecule is CC(C)(C)[Si](O[C@@H]1CCN(c2nc(Cl)nc3c(F)c(Cl)ncc23)C1)(c1ccccc1)c1ccccc1. The van der Waals surface area contributed by atoms with Crippen LogP contribution >= 0.6 is 23.2 Å². The highest BCUT2D eigenvalue weighted by Gasteiger charge is 2.52. The van der Waals surface area contributed by atoms with E-state index in [4.69, 9.17) is 27.6 Å². The number of halogens is 3. The summed E-state index contributed by atoms with van der Waals surface area (Å²) < 4.78 is 22.0. The molecule has 4 aromatic rings. The zero-order valence-corrected chi connectivity index (χ0v) is 22.9. The van der Waals surface area contributed by atoms with Gasteiger partial charge < -0.3 is 9.33 Å². The molecule has 1 aliphatic rings. The molecule has 1 fully saturated rings. The predicted octanol–water partition coefficient (Wildman–Crippen LogP) is 5.63. The molecule has 0 N–H and O–H groups in total. The van der Waals surface area contributed by atoms with Crippen LogP contribution < -0.4 is 15.3 Å². The smallest absolute Gasteiger partial charge is 0.261 e. The van der Waals surface area contributed by atoms with Crippen LogP contribution in [-0.4, -0.2) is 42.5 Å². The van der Waals surface area contributed by atoms with Crippen molar-refractivity contribution in [2.24, 2.45) is 0 Å². The Morgan fingerprint density at radius 2 is 1.58 bits per heavy atom. The largest absolute Gasteiger partial charge is 0.403 e. The number of aromatic nitrogens is 3. The first-order valence-corrected chi connectivity index (χ1v) is 14.6. The standard InChI is InChI=1S/C27H27Cl2FN4OSi/c1-27(2,3)36(19-10-6-4-7-11-19,20-12-8-5-9-13-20)35-18-14-15-34(17-18)25-21-16-31-24(28)22(30)23(21)32-26(29)33-25/h4-13,16,18H,14-15,17H2,1-3H3/t18-/m1/s1. The molecule has 3 heterocycles. The van der Waals surface area contributed by atoms with Crippen molar-refractivity contribution < 1.29 is 8.82 Å². The van der Waals surface area contributed by atoms with Crippen LogP contribution in [0.25, 0.3) is 10.9 Å². The number of hydrogen-bond acceptors (Lipinski definition) is 5. The summed E-state index contributed by atoms with van der Waals surface area (Å²) >= 11 is 12.1. The molecule has 0 unspecified atom stereocenters. The minimum absolute atomic E-state index is 0.0324. The predicted molar refractivity (Wildman–Crippen MR) is 147 cm³/mol. The molecule has 9 heteroatoms. The van der Waals surface area contributed by atoms with Gasteiger partial charge in [-0.2, -0.15) is 4.98 Å². The van der Waals surface area contributed by atoms with Crippen LogP contribution in [0.1, 0.15) is 27.2 Å². The number of fused-ring (bicyclic) bond motifs is 1. The lowest BCUT2D eigenvalue weighted by molar-refractivity contribution is 0.209. The summed E-state index contributed by atoms with van der Waals surface area (Å²) in [5.74, 6) is -0.152. The van der Waals surface area contributed by atoms with Crippen molar-refractivity contribution in [1.29, 1.82) is 0 Å². The lowest BCUT2D eigenvalue weighted by Crippen LogP contribution is -2.67. The first-order chi connectivity index (χ1) is 17.2. The van der Waals surface area contributed by atoms with Crippen molar-refractivity contribution in [3.63, 3.8) is 0 Å². The lowest BCUT2D eigenvalue weighted by atomic mass is 10.2. The van der Waals surface area contributed by atoms with Gasteiger partial charge in [0.15, 0.2) is 11.0 Å². The van der Waals surface area contributed by atoms with E-state index < -0.39 is 14.1 Å². The fraction of sp³-hybridized carbons (Fsp3) is 0.296. The van der Waals surface area contributed by atoms with Crippen LogP contribution in [0.15, 0.2) is 66.9 Å². The lowest BCUT2D eigenvalue weighted by Gasteiger charge is -2.44. The number of nitrogens with zero attached hydrogens (tertiary/aromatic N) is 4. The maximum atomic E-state index is 14.7. The fourth-order valence-corrected chi connectivity index (χ4v) is 10.2. The highest BCUT2D eigenvalue weighted by molar-refractivity contribution is 6.99. The monoisotopic (exact) mass is 540 g/mol. The third-order valence-corrected chi connectivity index (χ3v) is 12.3. The van der Waals surface area contributed by atoms with E-state index in [0.29, 0.717) is 24.3 Å². The van der Waals surface area contributed by atoms with Gasteiger partial charge in [0.1, 0.15) is 11.3 Å². The summed E-state index contributed by atoms with van der Waals surface area (Å²) in [6.45, 7) is 8.08. The second-order valence-corrected chi connectivity index (χ2v) is 15.0. The van der Waals surface area contributed by atoms with E-state index in [1.165, 1.54) is 16.6 Å². The molecular weight excluding hydrogens is 514 g/mol. The maximum Gasteiger partial charge on any atom is 0.261 e. The second-order valence-electron chi connectivity index (χ2n) is 10.1.